The summed E-state index contributed by atoms with van der Waals surface area (Å²) in [5.41, 5.74) is 11.1. The lowest BCUT2D eigenvalue weighted by atomic mass is 9.92. The molecule has 0 bridgehead atoms. The minimum Gasteiger partial charge on any atom is -0.307 e. The van der Waals surface area contributed by atoms with Gasteiger partial charge < -0.3 is 4.40 Å². The number of aromatic nitrogens is 2. The van der Waals surface area contributed by atoms with E-state index in [-0.39, 0.29) is 0 Å². The molecule has 1 saturated carbocycles. The van der Waals surface area contributed by atoms with Crippen LogP contribution in [0.1, 0.15) is 53.9 Å². The van der Waals surface area contributed by atoms with Crippen molar-refractivity contribution in [3.05, 3.63) is 83.0 Å². The van der Waals surface area contributed by atoms with Gasteiger partial charge in [-0.05, 0) is 78.4 Å². The van der Waals surface area contributed by atoms with Crippen molar-refractivity contribution in [1.29, 1.82) is 0 Å². The van der Waals surface area contributed by atoms with E-state index in [2.05, 4.69) is 97.6 Å². The fourth-order valence-corrected chi connectivity index (χ4v) is 7.51. The average Bonchev–Trinajstić information content (AvgIpc) is 3.54. The number of rotatable bonds is 1. The lowest BCUT2D eigenvalue weighted by Gasteiger charge is -2.18. The van der Waals surface area contributed by atoms with Crippen molar-refractivity contribution in [2.45, 2.75) is 52.4 Å². The molecule has 2 heteroatoms. The molecular weight excluding hydrogens is 436 g/mol. The van der Waals surface area contributed by atoms with Gasteiger partial charge in [-0.2, -0.15) is 0 Å². The third-order valence-electron chi connectivity index (χ3n) is 9.29. The fraction of sp³-hybridized carbons (Fsp3) is 0.265. The molecule has 3 aromatic heterocycles. The van der Waals surface area contributed by atoms with E-state index in [9.17, 15) is 0 Å². The molecule has 176 valence electrons. The van der Waals surface area contributed by atoms with Crippen LogP contribution in [0.25, 0.3) is 59.8 Å². The molecule has 0 unspecified atom stereocenters. The Balaban J connectivity index is 1.72. The first kappa shape index (κ1) is 20.5. The van der Waals surface area contributed by atoms with Gasteiger partial charge in [0.15, 0.2) is 6.20 Å². The van der Waals surface area contributed by atoms with E-state index in [1.165, 1.54) is 108 Å². The predicted molar refractivity (Wildman–Crippen MR) is 153 cm³/mol. The van der Waals surface area contributed by atoms with E-state index in [1.807, 2.05) is 0 Å². The molecule has 0 amide bonds. The van der Waals surface area contributed by atoms with Crippen LogP contribution in [-0.2, 0) is 7.05 Å². The predicted octanol–water partition coefficient (Wildman–Crippen LogP) is 8.55. The Morgan fingerprint density at radius 1 is 0.722 bits per heavy atom. The summed E-state index contributed by atoms with van der Waals surface area (Å²) in [6.07, 6.45) is 7.62. The number of hydrogen-bond donors (Lipinski definition) is 0. The summed E-state index contributed by atoms with van der Waals surface area (Å²) in [6, 6.07) is 21.3. The maximum atomic E-state index is 2.63. The Bertz CT molecular complexity index is 2030. The van der Waals surface area contributed by atoms with Crippen LogP contribution in [0.4, 0.5) is 0 Å². The molecule has 3 heterocycles. The Morgan fingerprint density at radius 3 is 2.33 bits per heavy atom. The van der Waals surface area contributed by atoms with Crippen molar-refractivity contribution in [2.75, 3.05) is 0 Å². The summed E-state index contributed by atoms with van der Waals surface area (Å²) in [4.78, 5) is 0. The van der Waals surface area contributed by atoms with E-state index in [1.54, 1.807) is 0 Å². The summed E-state index contributed by atoms with van der Waals surface area (Å²) in [6.45, 7) is 6.87. The maximum absolute atomic E-state index is 2.63. The Hall–Kier alpha value is -3.65. The van der Waals surface area contributed by atoms with E-state index in [0.29, 0.717) is 5.92 Å². The molecule has 2 nitrogen and oxygen atoms in total. The number of fused-ring (bicyclic) bond motifs is 7. The van der Waals surface area contributed by atoms with Gasteiger partial charge in [0.25, 0.3) is 0 Å². The topological polar surface area (TPSA) is 8.29 Å². The molecule has 0 N–H and O–H groups in total. The lowest BCUT2D eigenvalue weighted by Crippen LogP contribution is -2.29. The van der Waals surface area contributed by atoms with Crippen LogP contribution in [0.15, 0.2) is 60.8 Å². The van der Waals surface area contributed by atoms with Gasteiger partial charge in [0.05, 0.1) is 27.3 Å². The average molecular weight is 468 g/mol. The Morgan fingerprint density at radius 2 is 1.50 bits per heavy atom. The molecule has 8 rings (SSSR count). The van der Waals surface area contributed by atoms with Crippen LogP contribution < -0.4 is 4.57 Å². The second-order valence-electron chi connectivity index (χ2n) is 11.3. The quantitative estimate of drug-likeness (QED) is 0.130. The van der Waals surface area contributed by atoms with Gasteiger partial charge in [0.2, 0.25) is 5.52 Å². The second kappa shape index (κ2) is 6.97. The van der Waals surface area contributed by atoms with Crippen molar-refractivity contribution < 1.29 is 4.57 Å². The highest BCUT2D eigenvalue weighted by molar-refractivity contribution is 6.28. The standard InChI is InChI=1S/C34H31N2/c1-19-9-12-25-21(3)32-30(20(2)28(25)17-19)34-31-23(15-16-35(34)4)10-14-27-26-13-11-24(22-7-5-6-8-22)18-29(26)36(32)33(27)31/h9-18,22H,5-8H2,1-4H3/q+1. The number of hydrogen-bond acceptors (Lipinski definition) is 0. The molecular formula is C34H31N2+. The third-order valence-corrected chi connectivity index (χ3v) is 9.29. The second-order valence-corrected chi connectivity index (χ2v) is 11.3. The molecule has 36 heavy (non-hydrogen) atoms. The first-order chi connectivity index (χ1) is 17.5. The molecule has 0 aliphatic heterocycles. The fourth-order valence-electron chi connectivity index (χ4n) is 7.51. The Labute approximate surface area is 211 Å². The third kappa shape index (κ3) is 2.45. The summed E-state index contributed by atoms with van der Waals surface area (Å²) in [7, 11) is 2.21. The van der Waals surface area contributed by atoms with E-state index < -0.39 is 0 Å². The molecule has 0 saturated heterocycles. The molecule has 1 aliphatic rings. The van der Waals surface area contributed by atoms with Crippen LogP contribution >= 0.6 is 0 Å². The van der Waals surface area contributed by atoms with Gasteiger partial charge in [0, 0.05) is 16.8 Å². The summed E-state index contributed by atoms with van der Waals surface area (Å²) in [5.74, 6) is 0.704. The number of benzene rings is 4. The minimum atomic E-state index is 0.704. The largest absolute Gasteiger partial charge is 0.307 e. The molecule has 1 fully saturated rings. The van der Waals surface area contributed by atoms with Crippen molar-refractivity contribution >= 4 is 59.8 Å². The zero-order valence-electron chi connectivity index (χ0n) is 21.6. The summed E-state index contributed by atoms with van der Waals surface area (Å²) < 4.78 is 4.98. The zero-order chi connectivity index (χ0) is 24.3. The van der Waals surface area contributed by atoms with Gasteiger partial charge in [-0.3, -0.25) is 0 Å². The van der Waals surface area contributed by atoms with Gasteiger partial charge in [-0.15, -0.1) is 0 Å². The molecule has 4 aromatic carbocycles. The van der Waals surface area contributed by atoms with Crippen LogP contribution in [0.3, 0.4) is 0 Å². The van der Waals surface area contributed by atoms with Crippen molar-refractivity contribution in [1.82, 2.24) is 4.40 Å². The molecule has 0 spiro atoms. The van der Waals surface area contributed by atoms with Gasteiger partial charge in [-0.25, -0.2) is 4.57 Å². The minimum absolute atomic E-state index is 0.704. The summed E-state index contributed by atoms with van der Waals surface area (Å²) in [5, 5.41) is 9.59. The van der Waals surface area contributed by atoms with Gasteiger partial charge in [0.1, 0.15) is 7.05 Å². The molecule has 7 aromatic rings. The van der Waals surface area contributed by atoms with E-state index in [0.717, 1.165) is 0 Å². The lowest BCUT2D eigenvalue weighted by molar-refractivity contribution is -0.643. The monoisotopic (exact) mass is 467 g/mol. The summed E-state index contributed by atoms with van der Waals surface area (Å²) >= 11 is 0. The van der Waals surface area contributed by atoms with Crippen molar-refractivity contribution in [3.63, 3.8) is 0 Å². The van der Waals surface area contributed by atoms with E-state index >= 15 is 0 Å². The highest BCUT2D eigenvalue weighted by Gasteiger charge is 2.27. The van der Waals surface area contributed by atoms with Crippen molar-refractivity contribution in [3.8, 4) is 0 Å². The molecule has 0 radical (unpaired) electrons. The van der Waals surface area contributed by atoms with Crippen LogP contribution in [0.5, 0.6) is 0 Å². The van der Waals surface area contributed by atoms with Crippen LogP contribution in [0, 0.1) is 20.8 Å². The Kier molecular flexibility index (Phi) is 3.98. The normalized spacial score (nSPS) is 15.2. The van der Waals surface area contributed by atoms with Crippen LogP contribution in [0.2, 0.25) is 0 Å². The first-order valence-corrected chi connectivity index (χ1v) is 13.5. The number of aryl methyl sites for hydroxylation is 4. The first-order valence-electron chi connectivity index (χ1n) is 13.5. The maximum Gasteiger partial charge on any atom is 0.224 e. The smallest absolute Gasteiger partial charge is 0.224 e. The van der Waals surface area contributed by atoms with Gasteiger partial charge in [-0.1, -0.05) is 60.9 Å². The van der Waals surface area contributed by atoms with Gasteiger partial charge >= 0.3 is 0 Å². The highest BCUT2D eigenvalue weighted by Crippen LogP contribution is 2.45. The van der Waals surface area contributed by atoms with Crippen LogP contribution in [-0.4, -0.2) is 4.40 Å². The van der Waals surface area contributed by atoms with E-state index in [4.69, 9.17) is 0 Å². The van der Waals surface area contributed by atoms with Crippen molar-refractivity contribution in [2.24, 2.45) is 7.05 Å². The molecule has 1 aliphatic carbocycles. The number of pyridine rings is 2. The number of nitrogens with zero attached hydrogens (tertiary/aromatic N) is 2. The highest BCUT2D eigenvalue weighted by atomic mass is 15.0. The SMILES string of the molecule is Cc1ccc2c(C)c3c(c(C)c2c1)c1c2c(ccc4c5ccc(C6CCCC6)cc5n3c42)cc[n+]1C. The zero-order valence-corrected chi connectivity index (χ0v) is 21.6. The molecule has 0 atom stereocenters.